The number of benzene rings is 1. The van der Waals surface area contributed by atoms with Gasteiger partial charge in [0.2, 0.25) is 0 Å². The van der Waals surface area contributed by atoms with E-state index in [0.717, 1.165) is 6.42 Å². The maximum atomic E-state index is 13.0. The van der Waals surface area contributed by atoms with Gasteiger partial charge in [0.1, 0.15) is 0 Å². The summed E-state index contributed by atoms with van der Waals surface area (Å²) in [4.78, 5) is 28.2. The van der Waals surface area contributed by atoms with Gasteiger partial charge >= 0.3 is 13.1 Å². The molecule has 0 radical (unpaired) electrons. The first-order valence-corrected chi connectivity index (χ1v) is 11.0. The van der Waals surface area contributed by atoms with Crippen LogP contribution in [0.4, 0.5) is 0 Å². The van der Waals surface area contributed by atoms with Crippen molar-refractivity contribution in [2.24, 2.45) is 11.0 Å². The summed E-state index contributed by atoms with van der Waals surface area (Å²) in [5, 5.41) is 6.99. The molecule has 2 fully saturated rings. The highest BCUT2D eigenvalue weighted by Crippen LogP contribution is 2.39. The van der Waals surface area contributed by atoms with Crippen molar-refractivity contribution in [2.45, 2.75) is 63.6 Å². The molecule has 0 saturated carbocycles. The van der Waals surface area contributed by atoms with Gasteiger partial charge in [-0.3, -0.25) is 9.59 Å². The fourth-order valence-electron chi connectivity index (χ4n) is 4.14. The van der Waals surface area contributed by atoms with Crippen molar-refractivity contribution in [1.82, 2.24) is 5.32 Å². The number of hydrogen-bond donors (Lipinski definition) is 1. The number of ether oxygens (including phenoxy) is 1. The predicted octanol–water partition coefficient (Wildman–Crippen LogP) is 3.55. The van der Waals surface area contributed by atoms with Gasteiger partial charge in [-0.05, 0) is 58.4 Å². The first-order chi connectivity index (χ1) is 15.1. The van der Waals surface area contributed by atoms with Gasteiger partial charge in [-0.2, -0.15) is 0 Å². The van der Waals surface area contributed by atoms with Gasteiger partial charge in [0.05, 0.1) is 11.2 Å². The molecule has 172 valence electrons. The van der Waals surface area contributed by atoms with Gasteiger partial charge in [0.25, 0.3) is 0 Å². The summed E-state index contributed by atoms with van der Waals surface area (Å²) >= 11 is 0. The van der Waals surface area contributed by atoms with Crippen molar-refractivity contribution in [3.05, 3.63) is 46.3 Å². The van der Waals surface area contributed by atoms with Crippen molar-refractivity contribution in [3.8, 4) is 0 Å². The summed E-state index contributed by atoms with van der Waals surface area (Å²) in [6.45, 7) is 8.33. The van der Waals surface area contributed by atoms with Crippen molar-refractivity contribution in [3.63, 3.8) is 0 Å². The van der Waals surface area contributed by atoms with Gasteiger partial charge in [0, 0.05) is 17.0 Å². The summed E-state index contributed by atoms with van der Waals surface area (Å²) in [5.74, 6) is -1.23. The van der Waals surface area contributed by atoms with Crippen LogP contribution in [0.1, 0.15) is 50.9 Å². The Labute approximate surface area is 188 Å². The van der Waals surface area contributed by atoms with Crippen LogP contribution in [-0.2, 0) is 18.8 Å². The molecule has 2 saturated heterocycles. The van der Waals surface area contributed by atoms with Gasteiger partial charge in [0.15, 0.2) is 17.9 Å². The summed E-state index contributed by atoms with van der Waals surface area (Å²) in [7, 11) is -0.321. The first-order valence-electron chi connectivity index (χ1n) is 11.0. The molecule has 1 N–H and O–H groups in total. The zero-order valence-corrected chi connectivity index (χ0v) is 19.2. The molecule has 9 nitrogen and oxygen atoms in total. The predicted molar refractivity (Wildman–Crippen MR) is 120 cm³/mol. The maximum absolute atomic E-state index is 13.0. The highest BCUT2D eigenvalue weighted by Gasteiger charge is 2.52. The lowest BCUT2D eigenvalue weighted by Gasteiger charge is -2.32. The Morgan fingerprint density at radius 3 is 2.50 bits per heavy atom. The summed E-state index contributed by atoms with van der Waals surface area (Å²) < 4.78 is 17.4. The number of nitrogens with zero attached hydrogens (tertiary/aromatic N) is 3. The minimum absolute atomic E-state index is 0.177. The van der Waals surface area contributed by atoms with E-state index >= 15 is 0 Å². The smallest absolute Gasteiger partial charge is 0.457 e. The fourth-order valence-corrected chi connectivity index (χ4v) is 4.14. The van der Waals surface area contributed by atoms with E-state index < -0.39 is 29.3 Å². The molecule has 0 aromatic heterocycles. The van der Waals surface area contributed by atoms with Crippen molar-refractivity contribution >= 4 is 18.9 Å². The Balaban J connectivity index is 1.59. The van der Waals surface area contributed by atoms with Crippen LogP contribution in [0.15, 0.2) is 35.4 Å². The SMILES string of the molecule is CC1(C)OB(CCC[C@H]2CNC[C@@]2(N=[N+]=[N-])C(=O)OCC(=O)c2ccccc2)OC1(C)C. The van der Waals surface area contributed by atoms with E-state index in [-0.39, 0.29) is 25.4 Å². The summed E-state index contributed by atoms with van der Waals surface area (Å²) in [6.07, 6.45) is 2.01. The van der Waals surface area contributed by atoms with Crippen LogP contribution >= 0.6 is 0 Å². The van der Waals surface area contributed by atoms with Crippen LogP contribution < -0.4 is 5.32 Å². The van der Waals surface area contributed by atoms with E-state index in [1.54, 1.807) is 30.3 Å². The third-order valence-corrected chi connectivity index (χ3v) is 6.76. The third-order valence-electron chi connectivity index (χ3n) is 6.76. The Kier molecular flexibility index (Phi) is 7.30. The molecule has 0 unspecified atom stereocenters. The highest BCUT2D eigenvalue weighted by molar-refractivity contribution is 6.45. The first kappa shape index (κ1) is 24.3. The molecule has 1 aromatic carbocycles. The molecule has 1 aromatic rings. The van der Waals surface area contributed by atoms with Gasteiger partial charge in [-0.25, -0.2) is 0 Å². The Morgan fingerprint density at radius 1 is 1.22 bits per heavy atom. The molecule has 2 aliphatic rings. The van der Waals surface area contributed by atoms with E-state index in [4.69, 9.17) is 19.6 Å². The Hall–Kier alpha value is -2.39. The molecular formula is C22H31BN4O5. The molecule has 10 heteroatoms. The molecule has 32 heavy (non-hydrogen) atoms. The zero-order chi connectivity index (χ0) is 23.4. The molecule has 0 spiro atoms. The van der Waals surface area contributed by atoms with Crippen LogP contribution in [0.5, 0.6) is 0 Å². The van der Waals surface area contributed by atoms with Crippen LogP contribution in [0.2, 0.25) is 6.32 Å². The third kappa shape index (κ3) is 4.99. The van der Waals surface area contributed by atoms with Gasteiger partial charge in [-0.15, -0.1) is 0 Å². The average Bonchev–Trinajstić information content (AvgIpc) is 3.24. The van der Waals surface area contributed by atoms with E-state index in [2.05, 4.69) is 15.3 Å². The molecule has 3 rings (SSSR count). The largest absolute Gasteiger partial charge is 0.457 e. The van der Waals surface area contributed by atoms with Crippen LogP contribution in [-0.4, -0.2) is 55.3 Å². The van der Waals surface area contributed by atoms with Gasteiger partial charge < -0.3 is 19.4 Å². The minimum Gasteiger partial charge on any atom is -0.457 e. The number of rotatable bonds is 9. The van der Waals surface area contributed by atoms with Crippen LogP contribution in [0.25, 0.3) is 10.4 Å². The van der Waals surface area contributed by atoms with Gasteiger partial charge in [-0.1, -0.05) is 41.9 Å². The van der Waals surface area contributed by atoms with E-state index in [0.29, 0.717) is 24.8 Å². The summed E-state index contributed by atoms with van der Waals surface area (Å²) in [6, 6.07) is 8.61. The molecule has 2 atom stereocenters. The second-order valence-electron chi connectivity index (χ2n) is 9.42. The van der Waals surface area contributed by atoms with E-state index in [9.17, 15) is 9.59 Å². The lowest BCUT2D eigenvalue weighted by atomic mass is 9.78. The maximum Gasteiger partial charge on any atom is 0.457 e. The van der Waals surface area contributed by atoms with Crippen molar-refractivity contribution < 1.29 is 23.6 Å². The highest BCUT2D eigenvalue weighted by atomic mass is 16.7. The lowest BCUT2D eigenvalue weighted by molar-refractivity contribution is -0.149. The monoisotopic (exact) mass is 442 g/mol. The topological polar surface area (TPSA) is 123 Å². The number of ketones is 1. The van der Waals surface area contributed by atoms with E-state index in [1.165, 1.54) is 0 Å². The number of azide groups is 1. The number of carbonyl (C=O) groups excluding carboxylic acids is 2. The number of carbonyl (C=O) groups is 2. The second kappa shape index (κ2) is 9.62. The second-order valence-corrected chi connectivity index (χ2v) is 9.42. The van der Waals surface area contributed by atoms with E-state index in [1.807, 2.05) is 27.7 Å². The molecule has 2 aliphatic heterocycles. The van der Waals surface area contributed by atoms with Crippen LogP contribution in [0.3, 0.4) is 0 Å². The number of hydrogen-bond acceptors (Lipinski definition) is 7. The lowest BCUT2D eigenvalue weighted by Crippen LogP contribution is -2.46. The van der Waals surface area contributed by atoms with Crippen molar-refractivity contribution in [1.29, 1.82) is 0 Å². The minimum atomic E-state index is -1.37. The Morgan fingerprint density at radius 2 is 1.88 bits per heavy atom. The standard InChI is InChI=1S/C22H31BN4O5/c1-20(2)21(3,4)32-23(31-20)12-8-11-17-13-25-15-22(17,26-27-24)19(29)30-14-18(28)16-9-6-5-7-10-16/h5-7,9-10,17,25H,8,11-15H2,1-4H3/t17-,22-/m0/s1. The number of Topliss-reactive ketones (excluding diaryl/α,β-unsaturated/α-hetero) is 1. The average molecular weight is 442 g/mol. The molecule has 0 amide bonds. The number of esters is 1. The quantitative estimate of drug-likeness (QED) is 0.156. The Bertz CT molecular complexity index is 872. The molecular weight excluding hydrogens is 411 g/mol. The number of nitrogens with one attached hydrogen (secondary N) is 1. The zero-order valence-electron chi connectivity index (χ0n) is 19.2. The normalized spacial score (nSPS) is 25.9. The fraction of sp³-hybridized carbons (Fsp3) is 0.636. The molecule has 0 aliphatic carbocycles. The van der Waals surface area contributed by atoms with Crippen LogP contribution in [0, 0.1) is 5.92 Å². The molecule has 0 bridgehead atoms. The molecule has 2 heterocycles. The summed E-state index contributed by atoms with van der Waals surface area (Å²) in [5.41, 5.74) is 7.44. The van der Waals surface area contributed by atoms with Crippen molar-refractivity contribution in [2.75, 3.05) is 19.7 Å².